The standard InChI is InChI=1S/C17H20N4O/c1-3-15(22)19-8-5-9-20-17-14(11-18)10-13-7-4-6-12(2)16(13)21-17/h4,6-7,10H,3,5,8-9H2,1-2H3,(H,19,22)(H,20,21)/p+1. The molecule has 0 aliphatic heterocycles. The van der Waals surface area contributed by atoms with Crippen molar-refractivity contribution in [3.8, 4) is 6.07 Å². The van der Waals surface area contributed by atoms with Gasteiger partial charge in [0.1, 0.15) is 17.1 Å². The molecule has 2 aromatic rings. The third kappa shape index (κ3) is 3.73. The monoisotopic (exact) mass is 297 g/mol. The van der Waals surface area contributed by atoms with Gasteiger partial charge in [0.15, 0.2) is 0 Å². The van der Waals surface area contributed by atoms with Crippen LogP contribution in [0.2, 0.25) is 0 Å². The molecule has 0 radical (unpaired) electrons. The summed E-state index contributed by atoms with van der Waals surface area (Å²) >= 11 is 0. The van der Waals surface area contributed by atoms with Crippen LogP contribution in [-0.4, -0.2) is 19.0 Å². The molecule has 114 valence electrons. The predicted molar refractivity (Wildman–Crippen MR) is 86.4 cm³/mol. The van der Waals surface area contributed by atoms with E-state index in [1.807, 2.05) is 38.1 Å². The number of nitriles is 1. The summed E-state index contributed by atoms with van der Waals surface area (Å²) in [5.74, 6) is 0.789. The van der Waals surface area contributed by atoms with Crippen molar-refractivity contribution in [3.05, 3.63) is 35.4 Å². The zero-order valence-electron chi connectivity index (χ0n) is 13.0. The van der Waals surface area contributed by atoms with Crippen molar-refractivity contribution >= 4 is 22.6 Å². The lowest BCUT2D eigenvalue weighted by atomic mass is 10.1. The molecule has 0 unspecified atom stereocenters. The average Bonchev–Trinajstić information content (AvgIpc) is 2.54. The van der Waals surface area contributed by atoms with Crippen molar-refractivity contribution in [2.75, 3.05) is 18.4 Å². The van der Waals surface area contributed by atoms with Crippen LogP contribution in [0.4, 0.5) is 5.82 Å². The van der Waals surface area contributed by atoms with Crippen molar-refractivity contribution in [2.24, 2.45) is 0 Å². The third-order valence-electron chi connectivity index (χ3n) is 3.54. The Labute approximate surface area is 130 Å². The maximum atomic E-state index is 11.1. The van der Waals surface area contributed by atoms with Crippen LogP contribution >= 0.6 is 0 Å². The van der Waals surface area contributed by atoms with Gasteiger partial charge in [-0.2, -0.15) is 5.26 Å². The molecule has 0 atom stereocenters. The van der Waals surface area contributed by atoms with Gasteiger partial charge in [0.25, 0.3) is 5.82 Å². The first-order chi connectivity index (χ1) is 10.7. The summed E-state index contributed by atoms with van der Waals surface area (Å²) < 4.78 is 0. The summed E-state index contributed by atoms with van der Waals surface area (Å²) in [6.45, 7) is 5.19. The number of hydrogen-bond donors (Lipinski definition) is 2. The van der Waals surface area contributed by atoms with Gasteiger partial charge in [-0.05, 0) is 18.6 Å². The highest BCUT2D eigenvalue weighted by atomic mass is 16.1. The Balaban J connectivity index is 2.05. The number of carbonyl (C=O) groups excluding carboxylic acids is 1. The molecule has 0 saturated carbocycles. The lowest BCUT2D eigenvalue weighted by molar-refractivity contribution is -0.328. The second-order valence-corrected chi connectivity index (χ2v) is 5.19. The van der Waals surface area contributed by atoms with Crippen molar-refractivity contribution in [3.63, 3.8) is 0 Å². The molecule has 5 nitrogen and oxygen atoms in total. The Kier molecular flexibility index (Phi) is 5.31. The van der Waals surface area contributed by atoms with Crippen molar-refractivity contribution in [1.29, 1.82) is 5.26 Å². The van der Waals surface area contributed by atoms with Crippen molar-refractivity contribution in [1.82, 2.24) is 5.32 Å². The zero-order valence-corrected chi connectivity index (χ0v) is 13.0. The maximum absolute atomic E-state index is 11.1. The van der Waals surface area contributed by atoms with E-state index in [0.717, 1.165) is 28.7 Å². The molecule has 1 heterocycles. The van der Waals surface area contributed by atoms with E-state index < -0.39 is 0 Å². The topological polar surface area (TPSA) is 79.1 Å². The molecule has 0 aliphatic carbocycles. The second-order valence-electron chi connectivity index (χ2n) is 5.19. The predicted octanol–water partition coefficient (Wildman–Crippen LogP) is 2.16. The first-order valence-electron chi connectivity index (χ1n) is 7.52. The van der Waals surface area contributed by atoms with Gasteiger partial charge < -0.3 is 5.32 Å². The van der Waals surface area contributed by atoms with E-state index in [1.165, 1.54) is 0 Å². The Morgan fingerprint density at radius 1 is 1.36 bits per heavy atom. The lowest BCUT2D eigenvalue weighted by Crippen LogP contribution is -2.25. The van der Waals surface area contributed by atoms with E-state index in [1.54, 1.807) is 0 Å². The molecule has 5 heteroatoms. The quantitative estimate of drug-likeness (QED) is 0.802. The lowest BCUT2D eigenvalue weighted by Gasteiger charge is -2.05. The number of nitrogens with one attached hydrogen (secondary N) is 3. The van der Waals surface area contributed by atoms with Gasteiger partial charge in [-0.25, -0.2) is 4.98 Å². The number of H-pyrrole nitrogens is 1. The normalized spacial score (nSPS) is 10.2. The van der Waals surface area contributed by atoms with Crippen LogP contribution in [0.15, 0.2) is 24.3 Å². The highest BCUT2D eigenvalue weighted by Gasteiger charge is 2.13. The molecular formula is C17H21N4O+. The number of amides is 1. The largest absolute Gasteiger partial charge is 0.356 e. The number of pyridine rings is 1. The number of anilines is 1. The minimum Gasteiger partial charge on any atom is -0.356 e. The van der Waals surface area contributed by atoms with E-state index in [0.29, 0.717) is 25.1 Å². The van der Waals surface area contributed by atoms with Crippen LogP contribution < -0.4 is 15.6 Å². The molecule has 0 spiro atoms. The number of aryl methyl sites for hydroxylation is 1. The van der Waals surface area contributed by atoms with Crippen LogP contribution in [0.25, 0.3) is 10.9 Å². The number of nitrogens with zero attached hydrogens (tertiary/aromatic N) is 1. The van der Waals surface area contributed by atoms with Gasteiger partial charge in [0, 0.05) is 24.8 Å². The van der Waals surface area contributed by atoms with E-state index in [2.05, 4.69) is 21.7 Å². The van der Waals surface area contributed by atoms with Gasteiger partial charge in [0.2, 0.25) is 5.91 Å². The number of para-hydroxylation sites is 1. The number of aromatic nitrogens is 1. The first-order valence-corrected chi connectivity index (χ1v) is 7.52. The van der Waals surface area contributed by atoms with Crippen LogP contribution in [0.1, 0.15) is 30.9 Å². The summed E-state index contributed by atoms with van der Waals surface area (Å²) in [7, 11) is 0. The summed E-state index contributed by atoms with van der Waals surface area (Å²) in [4.78, 5) is 14.5. The summed E-state index contributed by atoms with van der Waals surface area (Å²) in [5, 5.41) is 16.4. The van der Waals surface area contributed by atoms with Crippen molar-refractivity contribution < 1.29 is 9.78 Å². The highest BCUT2D eigenvalue weighted by Crippen LogP contribution is 2.18. The summed E-state index contributed by atoms with van der Waals surface area (Å²) in [5.41, 5.74) is 2.76. The van der Waals surface area contributed by atoms with Gasteiger partial charge in [-0.3, -0.25) is 10.1 Å². The van der Waals surface area contributed by atoms with E-state index in [4.69, 9.17) is 0 Å². The van der Waals surface area contributed by atoms with E-state index >= 15 is 0 Å². The first kappa shape index (κ1) is 15.8. The smallest absolute Gasteiger partial charge is 0.290 e. The van der Waals surface area contributed by atoms with Gasteiger partial charge in [-0.1, -0.05) is 25.1 Å². The second kappa shape index (κ2) is 7.41. The van der Waals surface area contributed by atoms with Crippen LogP contribution in [0.5, 0.6) is 0 Å². The Morgan fingerprint density at radius 2 is 2.18 bits per heavy atom. The van der Waals surface area contributed by atoms with Crippen LogP contribution in [-0.2, 0) is 4.79 Å². The van der Waals surface area contributed by atoms with Gasteiger partial charge in [0.05, 0.1) is 6.54 Å². The Morgan fingerprint density at radius 3 is 2.91 bits per heavy atom. The van der Waals surface area contributed by atoms with Crippen LogP contribution in [0, 0.1) is 18.3 Å². The SMILES string of the molecule is CCC(=O)NCCCNc1[nH+]c2c(C)cccc2cc1C#N. The van der Waals surface area contributed by atoms with E-state index in [9.17, 15) is 10.1 Å². The fourth-order valence-corrected chi connectivity index (χ4v) is 2.28. The minimum absolute atomic E-state index is 0.0607. The molecular weight excluding hydrogens is 276 g/mol. The molecule has 3 N–H and O–H groups in total. The molecule has 1 aromatic heterocycles. The number of rotatable bonds is 6. The third-order valence-corrected chi connectivity index (χ3v) is 3.54. The molecule has 0 saturated heterocycles. The Hall–Kier alpha value is -2.61. The number of fused-ring (bicyclic) bond motifs is 1. The molecule has 0 fully saturated rings. The number of hydrogen-bond acceptors (Lipinski definition) is 3. The number of carbonyl (C=O) groups is 1. The average molecular weight is 297 g/mol. The molecule has 1 amide bonds. The zero-order chi connectivity index (χ0) is 15.9. The number of aromatic amines is 1. The molecule has 22 heavy (non-hydrogen) atoms. The van der Waals surface area contributed by atoms with Crippen molar-refractivity contribution in [2.45, 2.75) is 26.7 Å². The number of benzene rings is 1. The summed E-state index contributed by atoms with van der Waals surface area (Å²) in [6, 6.07) is 10.1. The summed E-state index contributed by atoms with van der Waals surface area (Å²) in [6.07, 6.45) is 1.31. The van der Waals surface area contributed by atoms with E-state index in [-0.39, 0.29) is 5.91 Å². The van der Waals surface area contributed by atoms with Crippen LogP contribution in [0.3, 0.4) is 0 Å². The fraction of sp³-hybridized carbons (Fsp3) is 0.353. The molecule has 0 bridgehead atoms. The molecule has 0 aliphatic rings. The van der Waals surface area contributed by atoms with Gasteiger partial charge in [-0.15, -0.1) is 0 Å². The Bertz CT molecular complexity index is 718. The highest BCUT2D eigenvalue weighted by molar-refractivity contribution is 5.81. The molecule has 2 rings (SSSR count). The minimum atomic E-state index is 0.0607. The molecule has 1 aromatic carbocycles. The van der Waals surface area contributed by atoms with Gasteiger partial charge >= 0.3 is 0 Å². The maximum Gasteiger partial charge on any atom is 0.290 e. The fourth-order valence-electron chi connectivity index (χ4n) is 2.28.